The van der Waals surface area contributed by atoms with Crippen LogP contribution in [0.15, 0.2) is 30.5 Å². The number of aryl methyl sites for hydroxylation is 1. The summed E-state index contributed by atoms with van der Waals surface area (Å²) in [5.74, 6) is 0. The quantitative estimate of drug-likeness (QED) is 0.876. The van der Waals surface area contributed by atoms with Gasteiger partial charge >= 0.3 is 6.03 Å². The number of pyridine rings is 1. The number of nitrogens with one attached hydrogen (secondary N) is 1. The molecule has 2 aliphatic heterocycles. The van der Waals surface area contributed by atoms with Crippen molar-refractivity contribution in [1.29, 1.82) is 0 Å². The molecule has 126 valence electrons. The molecule has 2 aromatic rings. The molecule has 2 atom stereocenters. The molecule has 24 heavy (non-hydrogen) atoms. The maximum Gasteiger partial charge on any atom is 0.321 e. The second-order valence-corrected chi connectivity index (χ2v) is 7.04. The summed E-state index contributed by atoms with van der Waals surface area (Å²) in [4.78, 5) is 21.7. The van der Waals surface area contributed by atoms with Crippen LogP contribution in [0.25, 0.3) is 10.9 Å². The van der Waals surface area contributed by atoms with Crippen LogP contribution < -0.4 is 5.32 Å². The molecule has 0 unspecified atom stereocenters. The van der Waals surface area contributed by atoms with Gasteiger partial charge in [0.05, 0.1) is 11.2 Å². The van der Waals surface area contributed by atoms with Crippen molar-refractivity contribution in [2.24, 2.45) is 0 Å². The van der Waals surface area contributed by atoms with Gasteiger partial charge in [-0.2, -0.15) is 0 Å². The molecule has 0 saturated carbocycles. The summed E-state index contributed by atoms with van der Waals surface area (Å²) in [7, 11) is 2.20. The highest BCUT2D eigenvalue weighted by atomic mass is 16.2. The second kappa shape index (κ2) is 6.06. The van der Waals surface area contributed by atoms with Crippen LogP contribution in [0.4, 0.5) is 10.5 Å². The fourth-order valence-corrected chi connectivity index (χ4v) is 4.11. The molecular weight excluding hydrogens is 300 g/mol. The van der Waals surface area contributed by atoms with Crippen molar-refractivity contribution in [1.82, 2.24) is 14.8 Å². The third kappa shape index (κ3) is 2.63. The predicted molar refractivity (Wildman–Crippen MR) is 96.3 cm³/mol. The monoisotopic (exact) mass is 324 g/mol. The lowest BCUT2D eigenvalue weighted by atomic mass is 10.1. The zero-order valence-corrected chi connectivity index (χ0v) is 14.3. The van der Waals surface area contributed by atoms with Crippen LogP contribution in [0.5, 0.6) is 0 Å². The molecule has 5 heteroatoms. The Morgan fingerprint density at radius 3 is 2.92 bits per heavy atom. The SMILES string of the molecule is Cc1ccc(NC(=O)N2CC[C@@H]3CC[C@H](C2)N3C)c2cccnc12. The molecular formula is C19H24N4O. The predicted octanol–water partition coefficient (Wildman–Crippen LogP) is 3.24. The largest absolute Gasteiger partial charge is 0.323 e. The van der Waals surface area contributed by atoms with Crippen molar-refractivity contribution in [3.05, 3.63) is 36.0 Å². The fraction of sp³-hybridized carbons (Fsp3) is 0.474. The van der Waals surface area contributed by atoms with Gasteiger partial charge in [0.15, 0.2) is 0 Å². The lowest BCUT2D eigenvalue weighted by Gasteiger charge is -2.26. The lowest BCUT2D eigenvalue weighted by Crippen LogP contribution is -2.41. The Balaban J connectivity index is 1.55. The van der Waals surface area contributed by atoms with Crippen LogP contribution in [0.2, 0.25) is 0 Å². The summed E-state index contributed by atoms with van der Waals surface area (Å²) in [6.45, 7) is 3.70. The number of likely N-dealkylation sites (tertiary alicyclic amines) is 1. The zero-order valence-electron chi connectivity index (χ0n) is 14.3. The zero-order chi connectivity index (χ0) is 16.7. The number of benzene rings is 1. The number of anilines is 1. The minimum atomic E-state index is 0.00459. The van der Waals surface area contributed by atoms with Gasteiger partial charge in [-0.3, -0.25) is 9.88 Å². The molecule has 1 N–H and O–H groups in total. The molecule has 5 nitrogen and oxygen atoms in total. The van der Waals surface area contributed by atoms with E-state index in [0.717, 1.165) is 41.7 Å². The molecule has 2 amide bonds. The van der Waals surface area contributed by atoms with Crippen LogP contribution in [0.3, 0.4) is 0 Å². The molecule has 2 bridgehead atoms. The van der Waals surface area contributed by atoms with Gasteiger partial charge in [-0.15, -0.1) is 0 Å². The highest BCUT2D eigenvalue weighted by Gasteiger charge is 2.36. The van der Waals surface area contributed by atoms with E-state index in [2.05, 4.69) is 22.2 Å². The van der Waals surface area contributed by atoms with Gasteiger partial charge in [0, 0.05) is 36.8 Å². The Morgan fingerprint density at radius 2 is 2.04 bits per heavy atom. The van der Waals surface area contributed by atoms with E-state index in [1.54, 1.807) is 6.20 Å². The van der Waals surface area contributed by atoms with E-state index in [1.165, 1.54) is 12.8 Å². The number of urea groups is 1. The van der Waals surface area contributed by atoms with Crippen molar-refractivity contribution < 1.29 is 4.79 Å². The number of carbonyl (C=O) groups excluding carboxylic acids is 1. The van der Waals surface area contributed by atoms with E-state index in [4.69, 9.17) is 0 Å². The Labute approximate surface area is 142 Å². The fourth-order valence-electron chi connectivity index (χ4n) is 4.11. The summed E-state index contributed by atoms with van der Waals surface area (Å²) in [6.07, 6.45) is 5.33. The van der Waals surface area contributed by atoms with E-state index in [0.29, 0.717) is 12.1 Å². The number of likely N-dealkylation sites (N-methyl/N-ethyl adjacent to an activating group) is 1. The molecule has 1 aromatic heterocycles. The number of carbonyl (C=O) groups is 1. The Kier molecular flexibility index (Phi) is 3.88. The third-order valence-electron chi connectivity index (χ3n) is 5.65. The summed E-state index contributed by atoms with van der Waals surface area (Å²) in [6, 6.07) is 9.07. The minimum absolute atomic E-state index is 0.00459. The summed E-state index contributed by atoms with van der Waals surface area (Å²) < 4.78 is 0. The first-order chi connectivity index (χ1) is 11.6. The Morgan fingerprint density at radius 1 is 1.21 bits per heavy atom. The number of fused-ring (bicyclic) bond motifs is 3. The Bertz CT molecular complexity index is 775. The van der Waals surface area contributed by atoms with Crippen LogP contribution in [-0.2, 0) is 0 Å². The van der Waals surface area contributed by atoms with Crippen LogP contribution in [-0.4, -0.2) is 53.0 Å². The summed E-state index contributed by atoms with van der Waals surface area (Å²) in [5, 5.41) is 4.11. The highest BCUT2D eigenvalue weighted by molar-refractivity contribution is 6.01. The average molecular weight is 324 g/mol. The maximum absolute atomic E-state index is 12.8. The first-order valence-electron chi connectivity index (χ1n) is 8.75. The number of hydrogen-bond acceptors (Lipinski definition) is 3. The first-order valence-corrected chi connectivity index (χ1v) is 8.75. The van der Waals surface area contributed by atoms with Gasteiger partial charge in [-0.05, 0) is 57.0 Å². The van der Waals surface area contributed by atoms with E-state index in [-0.39, 0.29) is 6.03 Å². The maximum atomic E-state index is 12.8. The average Bonchev–Trinajstić information content (AvgIpc) is 2.83. The molecule has 0 radical (unpaired) electrons. The lowest BCUT2D eigenvalue weighted by molar-refractivity contribution is 0.200. The van der Waals surface area contributed by atoms with E-state index in [1.807, 2.05) is 36.1 Å². The molecule has 3 heterocycles. The van der Waals surface area contributed by atoms with Crippen molar-refractivity contribution in [2.75, 3.05) is 25.5 Å². The van der Waals surface area contributed by atoms with Gasteiger partial charge in [-0.1, -0.05) is 6.07 Å². The molecule has 2 saturated heterocycles. The molecule has 0 spiro atoms. The smallest absolute Gasteiger partial charge is 0.321 e. The number of nitrogens with zero attached hydrogens (tertiary/aromatic N) is 3. The van der Waals surface area contributed by atoms with Gasteiger partial charge in [-0.25, -0.2) is 4.79 Å². The van der Waals surface area contributed by atoms with Gasteiger partial charge < -0.3 is 10.2 Å². The molecule has 0 aliphatic carbocycles. The standard InChI is InChI=1S/C19H24N4O/c1-13-5-8-17(16-4-3-10-20-18(13)16)21-19(24)23-11-9-14-6-7-15(12-23)22(14)2/h3-5,8,10,14-15H,6-7,9,11-12H2,1-2H3,(H,21,24)/t14-,15+/m0/s1. The van der Waals surface area contributed by atoms with Crippen molar-refractivity contribution in [3.8, 4) is 0 Å². The van der Waals surface area contributed by atoms with Crippen molar-refractivity contribution >= 4 is 22.6 Å². The van der Waals surface area contributed by atoms with Crippen molar-refractivity contribution in [2.45, 2.75) is 38.3 Å². The Hall–Kier alpha value is -2.14. The number of aromatic nitrogens is 1. The summed E-state index contributed by atoms with van der Waals surface area (Å²) in [5.41, 5.74) is 2.92. The highest BCUT2D eigenvalue weighted by Crippen LogP contribution is 2.29. The van der Waals surface area contributed by atoms with Crippen LogP contribution >= 0.6 is 0 Å². The number of hydrogen-bond donors (Lipinski definition) is 1. The normalized spacial score (nSPS) is 24.2. The number of rotatable bonds is 1. The third-order valence-corrected chi connectivity index (χ3v) is 5.65. The van der Waals surface area contributed by atoms with Crippen molar-refractivity contribution in [3.63, 3.8) is 0 Å². The van der Waals surface area contributed by atoms with Crippen LogP contribution in [0.1, 0.15) is 24.8 Å². The van der Waals surface area contributed by atoms with Gasteiger partial charge in [0.25, 0.3) is 0 Å². The topological polar surface area (TPSA) is 48.5 Å². The molecule has 4 rings (SSSR count). The van der Waals surface area contributed by atoms with Gasteiger partial charge in [0.1, 0.15) is 0 Å². The van der Waals surface area contributed by atoms with Crippen LogP contribution in [0, 0.1) is 6.92 Å². The summed E-state index contributed by atoms with van der Waals surface area (Å²) >= 11 is 0. The minimum Gasteiger partial charge on any atom is -0.323 e. The van der Waals surface area contributed by atoms with Gasteiger partial charge in [0.2, 0.25) is 0 Å². The second-order valence-electron chi connectivity index (χ2n) is 7.04. The number of amides is 2. The van der Waals surface area contributed by atoms with E-state index in [9.17, 15) is 4.79 Å². The van der Waals surface area contributed by atoms with E-state index >= 15 is 0 Å². The molecule has 2 fully saturated rings. The first kappa shape index (κ1) is 15.4. The molecule has 2 aliphatic rings. The molecule has 1 aromatic carbocycles. The van der Waals surface area contributed by atoms with E-state index < -0.39 is 0 Å².